The molecule has 0 aromatic heterocycles. The molecule has 1 saturated carbocycles. The molecule has 0 aromatic carbocycles. The van der Waals surface area contributed by atoms with Gasteiger partial charge in [0.05, 0.1) is 5.60 Å². The molecular weight excluding hydrogens is 200 g/mol. The third kappa shape index (κ3) is 2.43. The van der Waals surface area contributed by atoms with Crippen molar-refractivity contribution in [2.75, 3.05) is 0 Å². The van der Waals surface area contributed by atoms with Gasteiger partial charge in [-0.1, -0.05) is 44.6 Å². The summed E-state index contributed by atoms with van der Waals surface area (Å²) in [6.45, 7) is 14.8. The van der Waals surface area contributed by atoms with E-state index in [0.717, 1.165) is 12.8 Å². The van der Waals surface area contributed by atoms with Crippen LogP contribution in [0.2, 0.25) is 25.2 Å². The van der Waals surface area contributed by atoms with E-state index in [2.05, 4.69) is 32.8 Å². The van der Waals surface area contributed by atoms with E-state index in [1.807, 2.05) is 6.08 Å². The summed E-state index contributed by atoms with van der Waals surface area (Å²) in [4.78, 5) is 0. The zero-order valence-corrected chi connectivity index (χ0v) is 11.3. The van der Waals surface area contributed by atoms with Crippen LogP contribution in [0.1, 0.15) is 19.3 Å². The molecule has 86 valence electrons. The van der Waals surface area contributed by atoms with Crippen molar-refractivity contribution in [1.29, 1.82) is 0 Å². The summed E-state index contributed by atoms with van der Waals surface area (Å²) in [6, 6.07) is 0. The van der Waals surface area contributed by atoms with E-state index in [4.69, 9.17) is 0 Å². The molecule has 0 amide bonds. The molecule has 1 N–H and O–H groups in total. The summed E-state index contributed by atoms with van der Waals surface area (Å²) in [6.07, 6.45) is 6.87. The molecule has 3 atom stereocenters. The molecule has 0 heterocycles. The molecule has 1 nitrogen and oxygen atoms in total. The largest absolute Gasteiger partial charge is 0.385 e. The van der Waals surface area contributed by atoms with Gasteiger partial charge in [0.1, 0.15) is 0 Å². The van der Waals surface area contributed by atoms with Crippen LogP contribution in [0.4, 0.5) is 0 Å². The van der Waals surface area contributed by atoms with E-state index in [1.165, 1.54) is 6.42 Å². The van der Waals surface area contributed by atoms with Crippen molar-refractivity contribution in [3.05, 3.63) is 25.3 Å². The maximum Gasteiger partial charge on any atom is 0.0887 e. The van der Waals surface area contributed by atoms with Crippen molar-refractivity contribution < 1.29 is 5.11 Å². The van der Waals surface area contributed by atoms with Crippen molar-refractivity contribution in [1.82, 2.24) is 0 Å². The average Bonchev–Trinajstić information content (AvgIpc) is 2.16. The smallest absolute Gasteiger partial charge is 0.0887 e. The molecule has 0 aliphatic heterocycles. The van der Waals surface area contributed by atoms with Crippen LogP contribution < -0.4 is 0 Å². The van der Waals surface area contributed by atoms with E-state index in [1.54, 1.807) is 6.08 Å². The Morgan fingerprint density at radius 3 is 2.33 bits per heavy atom. The zero-order valence-electron chi connectivity index (χ0n) is 10.3. The second kappa shape index (κ2) is 4.26. The molecule has 2 heteroatoms. The summed E-state index contributed by atoms with van der Waals surface area (Å²) in [5.74, 6) is 0.204. The molecular formula is C13H24OSi. The summed E-state index contributed by atoms with van der Waals surface area (Å²) in [5.41, 5.74) is -0.0722. The maximum atomic E-state index is 10.5. The fraction of sp³-hybridized carbons (Fsp3) is 0.692. The van der Waals surface area contributed by atoms with Crippen molar-refractivity contribution >= 4 is 8.07 Å². The Balaban J connectivity index is 3.00. The van der Waals surface area contributed by atoms with Crippen LogP contribution in [0.3, 0.4) is 0 Å². The first-order valence-corrected chi connectivity index (χ1v) is 9.41. The van der Waals surface area contributed by atoms with Gasteiger partial charge >= 0.3 is 0 Å². The Kier molecular flexibility index (Phi) is 3.62. The van der Waals surface area contributed by atoms with Crippen molar-refractivity contribution in [2.24, 2.45) is 5.92 Å². The van der Waals surface area contributed by atoms with Gasteiger partial charge in [0.2, 0.25) is 0 Å². The van der Waals surface area contributed by atoms with Crippen LogP contribution in [-0.4, -0.2) is 18.8 Å². The monoisotopic (exact) mass is 224 g/mol. The van der Waals surface area contributed by atoms with Gasteiger partial charge in [0.15, 0.2) is 0 Å². The first kappa shape index (κ1) is 12.7. The normalized spacial score (nSPS) is 37.3. The molecule has 0 radical (unpaired) electrons. The second-order valence-corrected chi connectivity index (χ2v) is 11.3. The van der Waals surface area contributed by atoms with E-state index in [0.29, 0.717) is 5.54 Å². The lowest BCUT2D eigenvalue weighted by Gasteiger charge is -2.46. The van der Waals surface area contributed by atoms with Gasteiger partial charge in [-0.3, -0.25) is 0 Å². The average molecular weight is 224 g/mol. The fourth-order valence-corrected chi connectivity index (χ4v) is 5.45. The number of hydrogen-bond acceptors (Lipinski definition) is 1. The predicted octanol–water partition coefficient (Wildman–Crippen LogP) is 3.60. The quantitative estimate of drug-likeness (QED) is 0.574. The van der Waals surface area contributed by atoms with E-state index in [9.17, 15) is 5.11 Å². The van der Waals surface area contributed by atoms with Crippen LogP contribution in [0, 0.1) is 5.92 Å². The molecule has 0 bridgehead atoms. The minimum absolute atomic E-state index is 0.204. The standard InChI is InChI=1S/C13H24OSi/c1-6-11-12(15(3,4)5)9-8-10-13(11,14)7-2/h6-7,11-12,14H,1-2,8-10H2,3-5H3/t11-,12+,13+/m0/s1. The molecule has 1 aliphatic rings. The van der Waals surface area contributed by atoms with E-state index in [-0.39, 0.29) is 5.92 Å². The highest BCUT2D eigenvalue weighted by Gasteiger charge is 2.45. The minimum atomic E-state index is -1.22. The molecule has 15 heavy (non-hydrogen) atoms. The lowest BCUT2D eigenvalue weighted by atomic mass is 9.75. The Morgan fingerprint density at radius 2 is 1.93 bits per heavy atom. The molecule has 0 saturated heterocycles. The summed E-state index contributed by atoms with van der Waals surface area (Å²) < 4.78 is 0. The Labute approximate surface area is 94.9 Å². The SMILES string of the molecule is C=C[C@H]1[C@H]([Si](C)(C)C)CCC[C@]1(O)C=C. The highest BCUT2D eigenvalue weighted by molar-refractivity contribution is 6.77. The molecule has 0 aromatic rings. The highest BCUT2D eigenvalue weighted by atomic mass is 28.3. The topological polar surface area (TPSA) is 20.2 Å². The van der Waals surface area contributed by atoms with Crippen molar-refractivity contribution in [2.45, 2.75) is 50.0 Å². The Hall–Kier alpha value is -0.343. The highest BCUT2D eigenvalue weighted by Crippen LogP contribution is 2.47. The first-order chi connectivity index (χ1) is 6.85. The van der Waals surface area contributed by atoms with Gasteiger partial charge in [0, 0.05) is 14.0 Å². The van der Waals surface area contributed by atoms with Gasteiger partial charge in [-0.05, 0) is 12.0 Å². The zero-order chi connectivity index (χ0) is 11.7. The van der Waals surface area contributed by atoms with Gasteiger partial charge in [0.25, 0.3) is 0 Å². The third-order valence-corrected chi connectivity index (χ3v) is 6.70. The first-order valence-electron chi connectivity index (χ1n) is 5.83. The van der Waals surface area contributed by atoms with Crippen molar-refractivity contribution in [3.8, 4) is 0 Å². The van der Waals surface area contributed by atoms with Gasteiger partial charge in [-0.25, -0.2) is 0 Å². The molecule has 1 aliphatic carbocycles. The Bertz CT molecular complexity index is 254. The van der Waals surface area contributed by atoms with E-state index >= 15 is 0 Å². The fourth-order valence-electron chi connectivity index (χ4n) is 2.88. The molecule has 0 spiro atoms. The summed E-state index contributed by atoms with van der Waals surface area (Å²) in [5, 5.41) is 10.5. The molecule has 0 unspecified atom stereocenters. The number of rotatable bonds is 3. The maximum absolute atomic E-state index is 10.5. The van der Waals surface area contributed by atoms with Gasteiger partial charge in [-0.15, -0.1) is 13.2 Å². The lowest BCUT2D eigenvalue weighted by Crippen LogP contribution is -2.47. The van der Waals surface area contributed by atoms with E-state index < -0.39 is 13.7 Å². The van der Waals surface area contributed by atoms with Crippen LogP contribution in [-0.2, 0) is 0 Å². The summed E-state index contributed by atoms with van der Waals surface area (Å²) in [7, 11) is -1.22. The van der Waals surface area contributed by atoms with Crippen molar-refractivity contribution in [3.63, 3.8) is 0 Å². The molecule has 1 fully saturated rings. The van der Waals surface area contributed by atoms with Crippen LogP contribution in [0.25, 0.3) is 0 Å². The third-order valence-electron chi connectivity index (χ3n) is 3.82. The molecule has 1 rings (SSSR count). The van der Waals surface area contributed by atoms with Crippen LogP contribution in [0.15, 0.2) is 25.3 Å². The van der Waals surface area contributed by atoms with Gasteiger partial charge in [-0.2, -0.15) is 0 Å². The minimum Gasteiger partial charge on any atom is -0.385 e. The Morgan fingerprint density at radius 1 is 1.33 bits per heavy atom. The lowest BCUT2D eigenvalue weighted by molar-refractivity contribution is 0.0151. The van der Waals surface area contributed by atoms with Gasteiger partial charge < -0.3 is 5.11 Å². The van der Waals surface area contributed by atoms with Crippen LogP contribution in [0.5, 0.6) is 0 Å². The number of aliphatic hydroxyl groups is 1. The van der Waals surface area contributed by atoms with Crippen LogP contribution >= 0.6 is 0 Å². The number of hydrogen-bond donors (Lipinski definition) is 1. The summed E-state index contributed by atoms with van der Waals surface area (Å²) >= 11 is 0. The second-order valence-electron chi connectivity index (χ2n) is 5.82. The predicted molar refractivity (Wildman–Crippen MR) is 69.8 cm³/mol.